The SMILES string of the molecule is CC1(C)CC[C@]2(CO)C(=C3C=C[C@@H]4[C@@]5(C)CC[C@H](O[C@H]6O[C@H](CO[C@H]7O[C@H](CO)[C@H](O)[C@H](O)[C@@H]7O[C@H]7O[C@@H](CO)[C@H](O)[C@@H](O)[C@@H]7O)[C@@H](O)[C@@H](O)[C@@H]6O[C@H]6O[C@H](CO)[C@H](O)[C@@H](O)[C@H]6O)[C@](C)(CO)[C@H]5CC[C@@]4(C)[C@]3(C)C[C@H]2O)C1. The minimum absolute atomic E-state index is 0.0163. The average Bonchev–Trinajstić information content (AvgIpc) is 2.04. The van der Waals surface area contributed by atoms with Gasteiger partial charge in [-0.3, -0.25) is 0 Å². The Morgan fingerprint density at radius 1 is 0.526 bits per heavy atom. The zero-order chi connectivity index (χ0) is 57.0. The molecule has 448 valence electrons. The Balaban J connectivity index is 1.00. The predicted octanol–water partition coefficient (Wildman–Crippen LogP) is -3.70. The molecule has 9 rings (SSSR count). The fourth-order valence-electron chi connectivity index (χ4n) is 15.9. The van der Waals surface area contributed by atoms with Gasteiger partial charge < -0.3 is 120 Å². The fourth-order valence-corrected chi connectivity index (χ4v) is 15.9. The van der Waals surface area contributed by atoms with Crippen LogP contribution in [-0.4, -0.2) is 256 Å². The third kappa shape index (κ3) is 9.82. The van der Waals surface area contributed by atoms with Crippen molar-refractivity contribution in [3.05, 3.63) is 23.3 Å². The first-order chi connectivity index (χ1) is 36.6. The molecule has 3 saturated carbocycles. The van der Waals surface area contributed by atoms with Gasteiger partial charge in [0.1, 0.15) is 97.7 Å². The number of hydrogen-bond acceptors (Lipinski definition) is 24. The molecule has 29 atom stereocenters. The highest BCUT2D eigenvalue weighted by Gasteiger charge is 2.69. The monoisotopic (exact) mass is 1120 g/mol. The number of ether oxygens (including phenoxy) is 8. The van der Waals surface area contributed by atoms with Crippen LogP contribution in [0.25, 0.3) is 0 Å². The molecule has 9 aliphatic rings. The Bertz CT molecular complexity index is 2150. The normalized spacial score (nSPS) is 54.2. The smallest absolute Gasteiger partial charge is 0.187 e. The number of aliphatic hydroxyl groups is 16. The van der Waals surface area contributed by atoms with Crippen molar-refractivity contribution >= 4 is 0 Å². The Labute approximate surface area is 453 Å². The molecule has 24 nitrogen and oxygen atoms in total. The van der Waals surface area contributed by atoms with Crippen molar-refractivity contribution in [1.29, 1.82) is 0 Å². The molecule has 7 fully saturated rings. The second kappa shape index (κ2) is 22.5. The van der Waals surface area contributed by atoms with Crippen molar-refractivity contribution in [1.82, 2.24) is 0 Å². The summed E-state index contributed by atoms with van der Waals surface area (Å²) in [5.41, 5.74) is -0.690. The van der Waals surface area contributed by atoms with Gasteiger partial charge in [-0.05, 0) is 85.0 Å². The quantitative estimate of drug-likeness (QED) is 0.0745. The van der Waals surface area contributed by atoms with E-state index in [1.54, 1.807) is 0 Å². The van der Waals surface area contributed by atoms with E-state index in [2.05, 4.69) is 46.8 Å². The lowest BCUT2D eigenvalue weighted by Crippen LogP contribution is -2.67. The molecule has 0 spiro atoms. The Kier molecular flexibility index (Phi) is 17.6. The molecule has 0 bridgehead atoms. The van der Waals surface area contributed by atoms with Crippen LogP contribution in [-0.2, 0) is 37.9 Å². The highest BCUT2D eigenvalue weighted by Crippen LogP contribution is 2.74. The van der Waals surface area contributed by atoms with Gasteiger partial charge in [-0.1, -0.05) is 59.3 Å². The van der Waals surface area contributed by atoms with E-state index < -0.39 is 183 Å². The molecular weight excluding hydrogens is 1030 g/mol. The molecule has 0 radical (unpaired) electrons. The molecule has 0 aromatic rings. The first-order valence-corrected chi connectivity index (χ1v) is 27.8. The summed E-state index contributed by atoms with van der Waals surface area (Å²) in [6.07, 6.45) is -27.6. The molecule has 4 saturated heterocycles. The number of fused-ring (bicyclic) bond motifs is 6. The Hall–Kier alpha value is -1.48. The second-order valence-electron chi connectivity index (χ2n) is 25.9. The van der Waals surface area contributed by atoms with E-state index in [9.17, 15) is 81.7 Å². The summed E-state index contributed by atoms with van der Waals surface area (Å²) in [4.78, 5) is 0. The van der Waals surface area contributed by atoms with Crippen molar-refractivity contribution < 1.29 is 120 Å². The van der Waals surface area contributed by atoms with E-state index >= 15 is 0 Å². The topological polar surface area (TPSA) is 398 Å². The highest BCUT2D eigenvalue weighted by atomic mass is 16.8. The zero-order valence-corrected chi connectivity index (χ0v) is 45.3. The van der Waals surface area contributed by atoms with Gasteiger partial charge in [-0.2, -0.15) is 0 Å². The van der Waals surface area contributed by atoms with E-state index in [-0.39, 0.29) is 35.9 Å². The number of hydrogen-bond donors (Lipinski definition) is 16. The number of aliphatic hydroxyl groups excluding tert-OH is 16. The maximum atomic E-state index is 12.2. The second-order valence-corrected chi connectivity index (χ2v) is 25.9. The molecule has 4 heterocycles. The summed E-state index contributed by atoms with van der Waals surface area (Å²) in [5, 5.41) is 175. The standard InChI is InChI=1S/C54H88O24/c1-49(2)13-14-54(22-59)24(15-49)23-7-8-30-50(3)11-10-32(51(4,21-58)29(50)9-12-52(30,5)53(23,6)16-31(54)60)76-48-44(78-46-42(70)38(66)34(62)26(18-56)73-46)40(68)36(64)28(75-48)20-71-47-43(39(67)35(63)27(19-57)74-47)77-45-41(69)37(65)33(61)25(17-55)72-45/h7-8,25-48,55-70H,9-22H2,1-6H3/t25-,26+,27+,28+,29-,30+,31+,32-,33-,34-,35-,36+,37+,38+,39-,40+,41-,42+,43-,44-,45+,46+,47-,48+,50-,51+,52+,53+,54-/m0/s1. The lowest BCUT2D eigenvalue weighted by molar-refractivity contribution is -0.388. The maximum Gasteiger partial charge on any atom is 0.187 e. The molecule has 78 heavy (non-hydrogen) atoms. The minimum atomic E-state index is -1.98. The number of allylic oxidation sites excluding steroid dienone is 3. The van der Waals surface area contributed by atoms with Crippen LogP contribution < -0.4 is 0 Å². The fraction of sp³-hybridized carbons (Fsp3) is 0.926. The molecule has 0 unspecified atom stereocenters. The third-order valence-electron chi connectivity index (χ3n) is 21.1. The van der Waals surface area contributed by atoms with Gasteiger partial charge in [0.15, 0.2) is 25.2 Å². The molecule has 5 aliphatic carbocycles. The van der Waals surface area contributed by atoms with E-state index in [0.717, 1.165) is 18.4 Å². The van der Waals surface area contributed by atoms with Crippen molar-refractivity contribution in [2.75, 3.05) is 39.6 Å². The minimum Gasteiger partial charge on any atom is -0.396 e. The predicted molar refractivity (Wildman–Crippen MR) is 265 cm³/mol. The van der Waals surface area contributed by atoms with E-state index in [1.165, 1.54) is 5.57 Å². The lowest BCUT2D eigenvalue weighted by atomic mass is 9.35. The van der Waals surface area contributed by atoms with Crippen molar-refractivity contribution in [3.63, 3.8) is 0 Å². The molecule has 0 amide bonds. The zero-order valence-electron chi connectivity index (χ0n) is 45.3. The van der Waals surface area contributed by atoms with Crippen LogP contribution in [0.3, 0.4) is 0 Å². The van der Waals surface area contributed by atoms with E-state index in [4.69, 9.17) is 37.9 Å². The van der Waals surface area contributed by atoms with Gasteiger partial charge in [0.2, 0.25) is 0 Å². The lowest BCUT2D eigenvalue weighted by Gasteiger charge is -2.70. The van der Waals surface area contributed by atoms with Crippen LogP contribution in [0.1, 0.15) is 92.9 Å². The van der Waals surface area contributed by atoms with Crippen LogP contribution in [0.15, 0.2) is 23.3 Å². The van der Waals surface area contributed by atoms with Crippen LogP contribution in [0.4, 0.5) is 0 Å². The Morgan fingerprint density at radius 2 is 1.04 bits per heavy atom. The average molecular weight is 1120 g/mol. The highest BCUT2D eigenvalue weighted by molar-refractivity contribution is 5.47. The van der Waals surface area contributed by atoms with Gasteiger partial charge >= 0.3 is 0 Å². The molecule has 16 N–H and O–H groups in total. The van der Waals surface area contributed by atoms with E-state index in [0.29, 0.717) is 38.5 Å². The molecule has 0 aromatic heterocycles. The van der Waals surface area contributed by atoms with Gasteiger partial charge in [0, 0.05) is 16.2 Å². The molecular formula is C54H88O24. The summed E-state index contributed by atoms with van der Waals surface area (Å²) in [6, 6.07) is 0. The summed E-state index contributed by atoms with van der Waals surface area (Å²) >= 11 is 0. The first-order valence-electron chi connectivity index (χ1n) is 27.8. The third-order valence-corrected chi connectivity index (χ3v) is 21.1. The molecule has 4 aliphatic heterocycles. The van der Waals surface area contributed by atoms with Crippen molar-refractivity contribution in [2.45, 2.75) is 228 Å². The molecule has 0 aromatic carbocycles. The van der Waals surface area contributed by atoms with Crippen molar-refractivity contribution in [2.24, 2.45) is 44.3 Å². The van der Waals surface area contributed by atoms with Crippen LogP contribution in [0.5, 0.6) is 0 Å². The van der Waals surface area contributed by atoms with Crippen LogP contribution >= 0.6 is 0 Å². The molecule has 24 heteroatoms. The van der Waals surface area contributed by atoms with Gasteiger partial charge in [-0.25, -0.2) is 0 Å². The van der Waals surface area contributed by atoms with Crippen molar-refractivity contribution in [3.8, 4) is 0 Å². The summed E-state index contributed by atoms with van der Waals surface area (Å²) in [7, 11) is 0. The summed E-state index contributed by atoms with van der Waals surface area (Å²) < 4.78 is 48.2. The van der Waals surface area contributed by atoms with Gasteiger partial charge in [-0.15, -0.1) is 0 Å². The number of rotatable bonds is 14. The van der Waals surface area contributed by atoms with Crippen LogP contribution in [0, 0.1) is 44.3 Å². The first kappa shape index (κ1) is 61.1. The van der Waals surface area contributed by atoms with Gasteiger partial charge in [0.25, 0.3) is 0 Å². The van der Waals surface area contributed by atoms with Gasteiger partial charge in [0.05, 0.1) is 51.8 Å². The van der Waals surface area contributed by atoms with Crippen LogP contribution in [0.2, 0.25) is 0 Å². The van der Waals surface area contributed by atoms with E-state index in [1.807, 2.05) is 6.92 Å². The largest absolute Gasteiger partial charge is 0.396 e. The summed E-state index contributed by atoms with van der Waals surface area (Å²) in [6.45, 7) is 9.51. The summed E-state index contributed by atoms with van der Waals surface area (Å²) in [5.74, 6) is -0.246. The Morgan fingerprint density at radius 3 is 1.58 bits per heavy atom. The maximum absolute atomic E-state index is 12.2.